The third-order valence-electron chi connectivity index (χ3n) is 2.36. The second-order valence-electron chi connectivity index (χ2n) is 3.76. The van der Waals surface area contributed by atoms with E-state index in [1.165, 1.54) is 0 Å². The molecule has 1 amide bonds. The molecule has 3 N–H and O–H groups in total. The topological polar surface area (TPSA) is 68.0 Å². The van der Waals surface area contributed by atoms with Crippen LogP contribution in [0.15, 0.2) is 42.6 Å². The number of pyridine rings is 1. The molecule has 4 nitrogen and oxygen atoms in total. The minimum absolute atomic E-state index is 0.249. The Bertz CT molecular complexity index is 552. The Hall–Kier alpha value is -2.36. The first kappa shape index (κ1) is 11.1. The van der Waals surface area contributed by atoms with Crippen molar-refractivity contribution in [2.24, 2.45) is 0 Å². The van der Waals surface area contributed by atoms with Gasteiger partial charge in [0, 0.05) is 11.9 Å². The first-order chi connectivity index (χ1) is 8.16. The summed E-state index contributed by atoms with van der Waals surface area (Å²) in [7, 11) is 0. The number of nitrogen functional groups attached to an aromatic ring is 1. The highest BCUT2D eigenvalue weighted by molar-refractivity contribution is 6.07. The van der Waals surface area contributed by atoms with Crippen LogP contribution in [0.5, 0.6) is 0 Å². The van der Waals surface area contributed by atoms with Crippen LogP contribution in [-0.2, 0) is 0 Å². The number of carbonyl (C=O) groups excluding carboxylic acids is 1. The van der Waals surface area contributed by atoms with Gasteiger partial charge >= 0.3 is 0 Å². The predicted octanol–water partition coefficient (Wildman–Crippen LogP) is 2.22. The van der Waals surface area contributed by atoms with Gasteiger partial charge in [-0.15, -0.1) is 0 Å². The van der Waals surface area contributed by atoms with E-state index in [4.69, 9.17) is 5.73 Å². The highest BCUT2D eigenvalue weighted by Crippen LogP contribution is 2.13. The lowest BCUT2D eigenvalue weighted by Crippen LogP contribution is -2.14. The van der Waals surface area contributed by atoms with E-state index in [-0.39, 0.29) is 5.91 Å². The van der Waals surface area contributed by atoms with E-state index < -0.39 is 0 Å². The van der Waals surface area contributed by atoms with E-state index in [0.29, 0.717) is 17.1 Å². The minimum Gasteiger partial charge on any atom is -0.398 e. The summed E-state index contributed by atoms with van der Waals surface area (Å²) in [6.07, 6.45) is 1.65. The maximum Gasteiger partial charge on any atom is 0.258 e. The molecular formula is C13H13N3O. The fourth-order valence-electron chi connectivity index (χ4n) is 1.49. The molecule has 0 bridgehead atoms. The van der Waals surface area contributed by atoms with E-state index >= 15 is 0 Å². The molecule has 0 saturated heterocycles. The Morgan fingerprint density at radius 3 is 2.76 bits per heavy atom. The molecule has 0 atom stereocenters. The highest BCUT2D eigenvalue weighted by atomic mass is 16.1. The summed E-state index contributed by atoms with van der Waals surface area (Å²) in [5, 5.41) is 2.71. The lowest BCUT2D eigenvalue weighted by molar-refractivity contribution is 0.102. The lowest BCUT2D eigenvalue weighted by atomic mass is 10.1. The minimum atomic E-state index is -0.249. The summed E-state index contributed by atoms with van der Waals surface area (Å²) >= 11 is 0. The maximum absolute atomic E-state index is 11.9. The van der Waals surface area contributed by atoms with E-state index in [2.05, 4.69) is 10.3 Å². The van der Waals surface area contributed by atoms with Crippen molar-refractivity contribution in [1.82, 2.24) is 4.98 Å². The molecule has 2 aromatic rings. The highest BCUT2D eigenvalue weighted by Gasteiger charge is 2.09. The Morgan fingerprint density at radius 1 is 1.29 bits per heavy atom. The van der Waals surface area contributed by atoms with Crippen LogP contribution in [0.4, 0.5) is 11.5 Å². The average Bonchev–Trinajstić information content (AvgIpc) is 2.29. The molecule has 86 valence electrons. The van der Waals surface area contributed by atoms with Gasteiger partial charge in [-0.1, -0.05) is 12.1 Å². The molecule has 0 aliphatic heterocycles. The number of hydrogen-bond donors (Lipinski definition) is 2. The van der Waals surface area contributed by atoms with Gasteiger partial charge in [0.05, 0.1) is 5.56 Å². The van der Waals surface area contributed by atoms with Crippen LogP contribution in [-0.4, -0.2) is 10.9 Å². The number of benzene rings is 1. The van der Waals surface area contributed by atoms with Gasteiger partial charge in [-0.05, 0) is 36.8 Å². The normalized spacial score (nSPS) is 9.94. The summed E-state index contributed by atoms with van der Waals surface area (Å²) in [6, 6.07) is 10.6. The van der Waals surface area contributed by atoms with Crippen LogP contribution >= 0.6 is 0 Å². The van der Waals surface area contributed by atoms with Crippen molar-refractivity contribution in [3.8, 4) is 0 Å². The molecule has 0 fully saturated rings. The van der Waals surface area contributed by atoms with Crippen molar-refractivity contribution in [1.29, 1.82) is 0 Å². The quantitative estimate of drug-likeness (QED) is 0.773. The van der Waals surface area contributed by atoms with Crippen LogP contribution < -0.4 is 11.1 Å². The number of para-hydroxylation sites is 1. The van der Waals surface area contributed by atoms with Gasteiger partial charge in [0.2, 0.25) is 0 Å². The maximum atomic E-state index is 11.9. The van der Waals surface area contributed by atoms with Crippen molar-refractivity contribution in [3.05, 3.63) is 53.7 Å². The van der Waals surface area contributed by atoms with E-state index in [1.54, 1.807) is 36.5 Å². The molecule has 17 heavy (non-hydrogen) atoms. The number of anilines is 2. The van der Waals surface area contributed by atoms with E-state index in [0.717, 1.165) is 5.56 Å². The Morgan fingerprint density at radius 2 is 2.06 bits per heavy atom. The van der Waals surface area contributed by atoms with Gasteiger partial charge in [-0.2, -0.15) is 0 Å². The number of nitrogens with zero attached hydrogens (tertiary/aromatic N) is 1. The van der Waals surface area contributed by atoms with Gasteiger partial charge in [0.25, 0.3) is 5.91 Å². The number of carbonyl (C=O) groups is 1. The SMILES string of the molecule is Cc1ccnc(NC(=O)c2ccccc2N)c1. The molecule has 0 unspecified atom stereocenters. The largest absolute Gasteiger partial charge is 0.398 e. The van der Waals surface area contributed by atoms with Gasteiger partial charge < -0.3 is 11.1 Å². The number of amides is 1. The second-order valence-corrected chi connectivity index (χ2v) is 3.76. The molecule has 0 radical (unpaired) electrons. The molecule has 0 aliphatic carbocycles. The summed E-state index contributed by atoms with van der Waals surface area (Å²) in [5.74, 6) is 0.277. The van der Waals surface area contributed by atoms with E-state index in [1.807, 2.05) is 13.0 Å². The second kappa shape index (κ2) is 4.65. The third kappa shape index (κ3) is 2.60. The molecular weight excluding hydrogens is 214 g/mol. The first-order valence-electron chi connectivity index (χ1n) is 5.25. The number of rotatable bonds is 2. The van der Waals surface area contributed by atoms with Gasteiger partial charge in [0.1, 0.15) is 5.82 Å². The van der Waals surface area contributed by atoms with Gasteiger partial charge in [-0.25, -0.2) is 4.98 Å². The zero-order valence-electron chi connectivity index (χ0n) is 9.47. The zero-order chi connectivity index (χ0) is 12.3. The van der Waals surface area contributed by atoms with Crippen molar-refractivity contribution in [3.63, 3.8) is 0 Å². The van der Waals surface area contributed by atoms with Crippen LogP contribution in [0, 0.1) is 6.92 Å². The number of aryl methyl sites for hydroxylation is 1. The van der Waals surface area contributed by atoms with Crippen molar-refractivity contribution in [2.45, 2.75) is 6.92 Å². The van der Waals surface area contributed by atoms with Crippen LogP contribution in [0.3, 0.4) is 0 Å². The molecule has 1 heterocycles. The first-order valence-corrected chi connectivity index (χ1v) is 5.25. The number of aromatic nitrogens is 1. The summed E-state index contributed by atoms with van der Waals surface area (Å²) < 4.78 is 0. The predicted molar refractivity (Wildman–Crippen MR) is 67.8 cm³/mol. The van der Waals surface area contributed by atoms with Crippen molar-refractivity contribution < 1.29 is 4.79 Å². The number of nitrogens with one attached hydrogen (secondary N) is 1. The van der Waals surface area contributed by atoms with Gasteiger partial charge in [-0.3, -0.25) is 4.79 Å². The zero-order valence-corrected chi connectivity index (χ0v) is 9.47. The average molecular weight is 227 g/mol. The van der Waals surface area contributed by atoms with Crippen molar-refractivity contribution in [2.75, 3.05) is 11.1 Å². The third-order valence-corrected chi connectivity index (χ3v) is 2.36. The summed E-state index contributed by atoms with van der Waals surface area (Å²) in [4.78, 5) is 16.0. The standard InChI is InChI=1S/C13H13N3O/c1-9-6-7-15-12(8-9)16-13(17)10-4-2-3-5-11(10)14/h2-8H,14H2,1H3,(H,15,16,17). The Balaban J connectivity index is 2.20. The Kier molecular flexibility index (Phi) is 3.05. The van der Waals surface area contributed by atoms with Crippen molar-refractivity contribution >= 4 is 17.4 Å². The lowest BCUT2D eigenvalue weighted by Gasteiger charge is -2.06. The summed E-state index contributed by atoms with van der Waals surface area (Å²) in [5.41, 5.74) is 7.67. The smallest absolute Gasteiger partial charge is 0.258 e. The molecule has 0 aliphatic rings. The molecule has 1 aromatic carbocycles. The van der Waals surface area contributed by atoms with Crippen LogP contribution in [0.25, 0.3) is 0 Å². The number of hydrogen-bond acceptors (Lipinski definition) is 3. The molecule has 2 rings (SSSR count). The van der Waals surface area contributed by atoms with Crippen LogP contribution in [0.1, 0.15) is 15.9 Å². The molecule has 1 aromatic heterocycles. The summed E-state index contributed by atoms with van der Waals surface area (Å²) in [6.45, 7) is 1.94. The molecule has 4 heteroatoms. The Labute approximate surface area is 99.5 Å². The number of nitrogens with two attached hydrogens (primary N) is 1. The fourth-order valence-corrected chi connectivity index (χ4v) is 1.49. The fraction of sp³-hybridized carbons (Fsp3) is 0.0769. The molecule has 0 spiro atoms. The van der Waals surface area contributed by atoms with Crippen LogP contribution in [0.2, 0.25) is 0 Å². The monoisotopic (exact) mass is 227 g/mol. The van der Waals surface area contributed by atoms with Gasteiger partial charge in [0.15, 0.2) is 0 Å². The van der Waals surface area contributed by atoms with E-state index in [9.17, 15) is 4.79 Å². The molecule has 0 saturated carbocycles.